The van der Waals surface area contributed by atoms with Crippen LogP contribution in [0.25, 0.3) is 0 Å². The molecule has 1 N–H and O–H groups in total. The number of benzene rings is 1. The van der Waals surface area contributed by atoms with E-state index in [0.29, 0.717) is 0 Å². The van der Waals surface area contributed by atoms with E-state index in [1.54, 1.807) is 0 Å². The summed E-state index contributed by atoms with van der Waals surface area (Å²) in [6.45, 7) is 7.77. The van der Waals surface area contributed by atoms with Crippen molar-refractivity contribution in [1.82, 2.24) is 5.32 Å². The summed E-state index contributed by atoms with van der Waals surface area (Å²) in [5.41, 5.74) is 2.93. The van der Waals surface area contributed by atoms with Crippen molar-refractivity contribution >= 4 is 0 Å². The molecule has 0 heterocycles. The molecule has 0 amide bonds. The Kier molecular flexibility index (Phi) is 7.75. The molecule has 1 atom stereocenters. The molecule has 1 heteroatoms. The van der Waals surface area contributed by atoms with Gasteiger partial charge in [0.1, 0.15) is 0 Å². The maximum Gasteiger partial charge on any atom is 0.00669 e. The van der Waals surface area contributed by atoms with Gasteiger partial charge >= 0.3 is 0 Å². The second-order valence-corrected chi connectivity index (χ2v) is 5.11. The van der Waals surface area contributed by atoms with E-state index in [9.17, 15) is 0 Å². The summed E-state index contributed by atoms with van der Waals surface area (Å²) in [4.78, 5) is 0. The molecule has 1 aromatic rings. The molecular weight excluding hydrogens is 218 g/mol. The van der Waals surface area contributed by atoms with Gasteiger partial charge in [-0.1, -0.05) is 51.5 Å². The highest BCUT2D eigenvalue weighted by Gasteiger charge is 2.05. The van der Waals surface area contributed by atoms with Crippen LogP contribution in [-0.4, -0.2) is 12.6 Å². The van der Waals surface area contributed by atoms with E-state index in [1.807, 2.05) is 0 Å². The first-order valence-corrected chi connectivity index (χ1v) is 7.61. The number of hydrogen-bond acceptors (Lipinski definition) is 1. The summed E-state index contributed by atoms with van der Waals surface area (Å²) in [6.07, 6.45) is 7.54. The van der Waals surface area contributed by atoms with E-state index in [4.69, 9.17) is 0 Å². The normalized spacial score (nSPS) is 12.6. The molecule has 0 saturated carbocycles. The van der Waals surface area contributed by atoms with Gasteiger partial charge in [-0.2, -0.15) is 0 Å². The van der Waals surface area contributed by atoms with E-state index < -0.39 is 0 Å². The molecule has 1 aromatic carbocycles. The first-order valence-electron chi connectivity index (χ1n) is 7.61. The maximum atomic E-state index is 3.59. The molecule has 0 spiro atoms. The fourth-order valence-electron chi connectivity index (χ4n) is 2.48. The SMILES string of the molecule is CCCC(CCCc1ccc(CC)cc1)NCC. The van der Waals surface area contributed by atoms with Crippen LogP contribution in [0.15, 0.2) is 24.3 Å². The Morgan fingerprint density at radius 2 is 1.61 bits per heavy atom. The summed E-state index contributed by atoms with van der Waals surface area (Å²) in [6, 6.07) is 9.84. The molecule has 102 valence electrons. The molecule has 0 aliphatic rings. The highest BCUT2D eigenvalue weighted by molar-refractivity contribution is 5.22. The molecule has 0 radical (unpaired) electrons. The second kappa shape index (κ2) is 9.16. The molecule has 1 unspecified atom stereocenters. The largest absolute Gasteiger partial charge is 0.314 e. The monoisotopic (exact) mass is 247 g/mol. The van der Waals surface area contributed by atoms with Crippen LogP contribution in [0.4, 0.5) is 0 Å². The molecule has 0 aliphatic carbocycles. The molecule has 0 bridgehead atoms. The summed E-state index contributed by atoms with van der Waals surface area (Å²) in [7, 11) is 0. The first kappa shape index (κ1) is 15.2. The van der Waals surface area contributed by atoms with Gasteiger partial charge in [0.2, 0.25) is 0 Å². The highest BCUT2D eigenvalue weighted by Crippen LogP contribution is 2.11. The zero-order valence-corrected chi connectivity index (χ0v) is 12.3. The van der Waals surface area contributed by atoms with E-state index in [-0.39, 0.29) is 0 Å². The summed E-state index contributed by atoms with van der Waals surface area (Å²) >= 11 is 0. The van der Waals surface area contributed by atoms with Gasteiger partial charge in [-0.25, -0.2) is 0 Å². The van der Waals surface area contributed by atoms with E-state index in [2.05, 4.69) is 50.4 Å². The Bertz CT molecular complexity index is 296. The highest BCUT2D eigenvalue weighted by atomic mass is 14.9. The zero-order chi connectivity index (χ0) is 13.2. The minimum absolute atomic E-state index is 0.718. The van der Waals surface area contributed by atoms with Crippen LogP contribution in [0, 0.1) is 0 Å². The minimum Gasteiger partial charge on any atom is -0.314 e. The van der Waals surface area contributed by atoms with Crippen molar-refractivity contribution in [1.29, 1.82) is 0 Å². The van der Waals surface area contributed by atoms with E-state index in [0.717, 1.165) is 19.0 Å². The van der Waals surface area contributed by atoms with Crippen molar-refractivity contribution < 1.29 is 0 Å². The van der Waals surface area contributed by atoms with Crippen LogP contribution in [0.5, 0.6) is 0 Å². The average Bonchev–Trinajstić information content (AvgIpc) is 2.40. The Balaban J connectivity index is 2.30. The van der Waals surface area contributed by atoms with Crippen molar-refractivity contribution in [2.24, 2.45) is 0 Å². The maximum absolute atomic E-state index is 3.59. The van der Waals surface area contributed by atoms with Gasteiger partial charge in [-0.3, -0.25) is 0 Å². The number of rotatable bonds is 9. The Labute approximate surface area is 113 Å². The lowest BCUT2D eigenvalue weighted by atomic mass is 10.0. The summed E-state index contributed by atoms with van der Waals surface area (Å²) in [5.74, 6) is 0. The van der Waals surface area contributed by atoms with Gasteiger partial charge in [-0.15, -0.1) is 0 Å². The van der Waals surface area contributed by atoms with E-state index in [1.165, 1.54) is 43.2 Å². The van der Waals surface area contributed by atoms with Crippen LogP contribution in [0.3, 0.4) is 0 Å². The third-order valence-electron chi connectivity index (χ3n) is 3.58. The van der Waals surface area contributed by atoms with Gasteiger partial charge in [-0.05, 0) is 49.8 Å². The Morgan fingerprint density at radius 1 is 0.944 bits per heavy atom. The quantitative estimate of drug-likeness (QED) is 0.684. The molecule has 0 saturated heterocycles. The average molecular weight is 247 g/mol. The van der Waals surface area contributed by atoms with Gasteiger partial charge < -0.3 is 5.32 Å². The predicted octanol–water partition coefficient (Wildman–Crippen LogP) is 4.35. The first-order chi connectivity index (χ1) is 8.80. The van der Waals surface area contributed by atoms with Crippen molar-refractivity contribution in [2.75, 3.05) is 6.54 Å². The van der Waals surface area contributed by atoms with Gasteiger partial charge in [0.15, 0.2) is 0 Å². The standard InChI is InChI=1S/C17H29N/c1-4-8-17(18-6-3)10-7-9-16-13-11-15(5-2)12-14-16/h11-14,17-18H,4-10H2,1-3H3. The van der Waals surface area contributed by atoms with Crippen molar-refractivity contribution in [2.45, 2.75) is 65.3 Å². The lowest BCUT2D eigenvalue weighted by Gasteiger charge is -2.16. The van der Waals surface area contributed by atoms with Crippen molar-refractivity contribution in [3.05, 3.63) is 35.4 Å². The molecule has 0 fully saturated rings. The molecular formula is C17H29N. The third kappa shape index (κ3) is 5.68. The third-order valence-corrected chi connectivity index (χ3v) is 3.58. The summed E-state index contributed by atoms with van der Waals surface area (Å²) < 4.78 is 0. The van der Waals surface area contributed by atoms with Gasteiger partial charge in [0, 0.05) is 6.04 Å². The molecule has 1 rings (SSSR count). The molecule has 0 aliphatic heterocycles. The molecule has 18 heavy (non-hydrogen) atoms. The van der Waals surface area contributed by atoms with Crippen molar-refractivity contribution in [3.8, 4) is 0 Å². The number of aryl methyl sites for hydroxylation is 2. The van der Waals surface area contributed by atoms with Crippen LogP contribution >= 0.6 is 0 Å². The lowest BCUT2D eigenvalue weighted by molar-refractivity contribution is 0.447. The number of hydrogen-bond donors (Lipinski definition) is 1. The summed E-state index contributed by atoms with van der Waals surface area (Å²) in [5, 5.41) is 3.59. The van der Waals surface area contributed by atoms with Gasteiger partial charge in [0.25, 0.3) is 0 Å². The Morgan fingerprint density at radius 3 is 2.17 bits per heavy atom. The topological polar surface area (TPSA) is 12.0 Å². The van der Waals surface area contributed by atoms with Crippen LogP contribution in [0.1, 0.15) is 57.6 Å². The second-order valence-electron chi connectivity index (χ2n) is 5.11. The molecule has 0 aromatic heterocycles. The lowest BCUT2D eigenvalue weighted by Crippen LogP contribution is -2.28. The molecule has 1 nitrogen and oxygen atoms in total. The number of nitrogens with one attached hydrogen (secondary N) is 1. The fraction of sp³-hybridized carbons (Fsp3) is 0.647. The van der Waals surface area contributed by atoms with E-state index >= 15 is 0 Å². The van der Waals surface area contributed by atoms with Crippen LogP contribution < -0.4 is 5.32 Å². The van der Waals surface area contributed by atoms with Gasteiger partial charge in [0.05, 0.1) is 0 Å². The zero-order valence-electron chi connectivity index (χ0n) is 12.3. The predicted molar refractivity (Wildman–Crippen MR) is 81.1 cm³/mol. The van der Waals surface area contributed by atoms with Crippen LogP contribution in [0.2, 0.25) is 0 Å². The smallest absolute Gasteiger partial charge is 0.00669 e. The Hall–Kier alpha value is -0.820. The van der Waals surface area contributed by atoms with Crippen molar-refractivity contribution in [3.63, 3.8) is 0 Å². The minimum atomic E-state index is 0.718. The van der Waals surface area contributed by atoms with Crippen LogP contribution in [-0.2, 0) is 12.8 Å². The fourth-order valence-corrected chi connectivity index (χ4v) is 2.48.